The van der Waals surface area contributed by atoms with Gasteiger partial charge in [0.05, 0.1) is 17.0 Å². The quantitative estimate of drug-likeness (QED) is 0.695. The molecular weight excluding hydrogens is 224 g/mol. The van der Waals surface area contributed by atoms with Crippen LogP contribution in [0.1, 0.15) is 34.1 Å². The monoisotopic (exact) mass is 240 g/mol. The van der Waals surface area contributed by atoms with Crippen LogP contribution in [0.3, 0.4) is 0 Å². The smallest absolute Gasteiger partial charge is 0.232 e. The van der Waals surface area contributed by atoms with E-state index in [9.17, 15) is 8.42 Å². The predicted molar refractivity (Wildman–Crippen MR) is 57.0 cm³/mol. The van der Waals surface area contributed by atoms with Gasteiger partial charge in [-0.25, -0.2) is 8.42 Å². The van der Waals surface area contributed by atoms with Crippen LogP contribution in [-0.4, -0.2) is 25.4 Å². The lowest BCUT2D eigenvalue weighted by Gasteiger charge is -2.26. The molecule has 1 atom stereocenters. The van der Waals surface area contributed by atoms with Crippen molar-refractivity contribution in [1.82, 2.24) is 0 Å². The molecule has 0 bridgehead atoms. The largest absolute Gasteiger partial charge is 0.369 e. The van der Waals surface area contributed by atoms with E-state index in [1.807, 2.05) is 27.7 Å². The van der Waals surface area contributed by atoms with E-state index in [0.29, 0.717) is 0 Å². The predicted octanol–water partition coefficient (Wildman–Crippen LogP) is 2.15. The highest BCUT2D eigenvalue weighted by molar-refractivity contribution is 8.13. The molecule has 0 N–H and O–H groups in total. The molecule has 1 unspecified atom stereocenters. The van der Waals surface area contributed by atoms with Gasteiger partial charge in [-0.3, -0.25) is 0 Å². The molecule has 0 aliphatic carbocycles. The molecule has 0 aromatic heterocycles. The zero-order chi connectivity index (χ0) is 11.2. The van der Waals surface area contributed by atoms with Crippen molar-refractivity contribution in [2.24, 2.45) is 5.92 Å². The Kier molecular flexibility index (Phi) is 2.94. The second-order valence-corrected chi connectivity index (χ2v) is 7.89. The average Bonchev–Trinajstić information content (AvgIpc) is 1.94. The van der Waals surface area contributed by atoms with Crippen LogP contribution in [0.4, 0.5) is 0 Å². The molecule has 14 heavy (non-hydrogen) atoms. The van der Waals surface area contributed by atoms with Gasteiger partial charge >= 0.3 is 0 Å². The second-order valence-electron chi connectivity index (χ2n) is 5.07. The van der Waals surface area contributed by atoms with E-state index in [2.05, 4.69) is 0 Å². The lowest BCUT2D eigenvalue weighted by atomic mass is 9.89. The van der Waals surface area contributed by atoms with Crippen LogP contribution >= 0.6 is 10.7 Å². The molecule has 0 aromatic rings. The van der Waals surface area contributed by atoms with Crippen molar-refractivity contribution in [3.8, 4) is 0 Å². The van der Waals surface area contributed by atoms with Gasteiger partial charge in [-0.2, -0.15) is 0 Å². The Bertz CT molecular complexity index is 319. The third kappa shape index (κ3) is 3.11. The van der Waals surface area contributed by atoms with Crippen LogP contribution in [0.25, 0.3) is 0 Å². The Morgan fingerprint density at radius 3 is 2.14 bits per heavy atom. The maximum absolute atomic E-state index is 11.0. The van der Waals surface area contributed by atoms with Gasteiger partial charge < -0.3 is 4.74 Å². The number of hydrogen-bond acceptors (Lipinski definition) is 3. The third-order valence-corrected chi connectivity index (χ3v) is 3.84. The molecule has 1 fully saturated rings. The average molecular weight is 241 g/mol. The van der Waals surface area contributed by atoms with Crippen molar-refractivity contribution in [1.29, 1.82) is 0 Å². The molecule has 1 heterocycles. The van der Waals surface area contributed by atoms with E-state index < -0.39 is 14.7 Å². The fourth-order valence-corrected chi connectivity index (χ4v) is 3.63. The molecule has 0 radical (unpaired) electrons. The number of hydrogen-bond donors (Lipinski definition) is 0. The molecule has 0 aromatic carbocycles. The van der Waals surface area contributed by atoms with Crippen molar-refractivity contribution in [2.75, 3.05) is 5.75 Å². The van der Waals surface area contributed by atoms with Crippen LogP contribution in [0.2, 0.25) is 0 Å². The molecule has 1 rings (SSSR count). The van der Waals surface area contributed by atoms with Crippen LogP contribution in [0, 0.1) is 5.92 Å². The highest BCUT2D eigenvalue weighted by Crippen LogP contribution is 2.42. The van der Waals surface area contributed by atoms with Crippen LogP contribution in [0.5, 0.6) is 0 Å². The van der Waals surface area contributed by atoms with Crippen molar-refractivity contribution < 1.29 is 13.2 Å². The Balaban J connectivity index is 2.81. The first-order valence-corrected chi connectivity index (χ1v) is 7.12. The minimum atomic E-state index is -3.44. The first kappa shape index (κ1) is 12.3. The van der Waals surface area contributed by atoms with E-state index in [-0.39, 0.29) is 17.3 Å². The fourth-order valence-electron chi connectivity index (χ4n) is 2.18. The fraction of sp³-hybridized carbons (Fsp3) is 1.00. The van der Waals surface area contributed by atoms with E-state index in [0.717, 1.165) is 6.42 Å². The van der Waals surface area contributed by atoms with E-state index >= 15 is 0 Å². The molecule has 5 heteroatoms. The van der Waals surface area contributed by atoms with Gasteiger partial charge in [0.2, 0.25) is 9.05 Å². The summed E-state index contributed by atoms with van der Waals surface area (Å²) in [5.41, 5.74) is -0.665. The molecule has 0 saturated carbocycles. The third-order valence-electron chi connectivity index (χ3n) is 2.66. The molecule has 3 nitrogen and oxygen atoms in total. The molecular formula is C9H17ClO3S. The van der Waals surface area contributed by atoms with Gasteiger partial charge in [-0.1, -0.05) is 0 Å². The maximum Gasteiger partial charge on any atom is 0.232 e. The van der Waals surface area contributed by atoms with Crippen LogP contribution < -0.4 is 0 Å². The summed E-state index contributed by atoms with van der Waals surface area (Å²) >= 11 is 0. The summed E-state index contributed by atoms with van der Waals surface area (Å²) in [5.74, 6) is -0.0367. The van der Waals surface area contributed by atoms with Gasteiger partial charge in [0.15, 0.2) is 0 Å². The highest BCUT2D eigenvalue weighted by Gasteiger charge is 2.47. The van der Waals surface area contributed by atoms with E-state index in [4.69, 9.17) is 15.4 Å². The van der Waals surface area contributed by atoms with Gasteiger partial charge in [-0.05, 0) is 34.1 Å². The van der Waals surface area contributed by atoms with Gasteiger partial charge in [-0.15, -0.1) is 0 Å². The summed E-state index contributed by atoms with van der Waals surface area (Å²) in [4.78, 5) is 0. The molecule has 0 spiro atoms. The first-order chi connectivity index (χ1) is 6.02. The molecule has 1 saturated heterocycles. The zero-order valence-electron chi connectivity index (χ0n) is 9.00. The van der Waals surface area contributed by atoms with Crippen LogP contribution in [0.15, 0.2) is 0 Å². The maximum atomic E-state index is 11.0. The lowest BCUT2D eigenvalue weighted by Crippen LogP contribution is -2.32. The summed E-state index contributed by atoms with van der Waals surface area (Å²) in [6, 6.07) is 0. The molecule has 0 amide bonds. The highest BCUT2D eigenvalue weighted by atomic mass is 35.7. The normalized spacial score (nSPS) is 30.5. The Morgan fingerprint density at radius 1 is 1.36 bits per heavy atom. The molecule has 1 aliphatic rings. The summed E-state index contributed by atoms with van der Waals surface area (Å²) in [5, 5.41) is 0. The van der Waals surface area contributed by atoms with Crippen molar-refractivity contribution in [2.45, 2.75) is 45.3 Å². The Hall–Kier alpha value is 0.200. The first-order valence-electron chi connectivity index (χ1n) is 4.64. The second kappa shape index (κ2) is 3.35. The Labute approximate surface area is 90.2 Å². The zero-order valence-corrected chi connectivity index (χ0v) is 10.6. The molecule has 84 valence electrons. The van der Waals surface area contributed by atoms with Crippen LogP contribution in [-0.2, 0) is 13.8 Å². The molecule has 1 aliphatic heterocycles. The topological polar surface area (TPSA) is 43.4 Å². The van der Waals surface area contributed by atoms with Gasteiger partial charge in [0.25, 0.3) is 0 Å². The number of rotatable bonds is 2. The van der Waals surface area contributed by atoms with E-state index in [1.165, 1.54) is 0 Å². The lowest BCUT2D eigenvalue weighted by molar-refractivity contribution is -0.0726. The number of ether oxygens (including phenoxy) is 1. The summed E-state index contributed by atoms with van der Waals surface area (Å²) in [6.07, 6.45) is 0.728. The van der Waals surface area contributed by atoms with Gasteiger partial charge in [0.1, 0.15) is 0 Å². The summed E-state index contributed by atoms with van der Waals surface area (Å²) < 4.78 is 27.8. The number of halogens is 1. The Morgan fingerprint density at radius 2 is 1.86 bits per heavy atom. The van der Waals surface area contributed by atoms with Crippen molar-refractivity contribution >= 4 is 19.7 Å². The van der Waals surface area contributed by atoms with Crippen molar-refractivity contribution in [3.05, 3.63) is 0 Å². The van der Waals surface area contributed by atoms with Crippen molar-refractivity contribution in [3.63, 3.8) is 0 Å². The standard InChI is InChI=1S/C9H17ClO3S/c1-8(2)5-7(6-14(10,11)12)9(3,4)13-8/h7H,5-6H2,1-4H3. The van der Waals surface area contributed by atoms with Gasteiger partial charge in [0, 0.05) is 16.6 Å². The summed E-state index contributed by atoms with van der Waals surface area (Å²) in [7, 11) is 1.81. The SMILES string of the molecule is CC1(C)CC(CS(=O)(=O)Cl)C(C)(C)O1. The minimum Gasteiger partial charge on any atom is -0.369 e. The summed E-state index contributed by atoms with van der Waals surface area (Å²) in [6.45, 7) is 7.76. The van der Waals surface area contributed by atoms with E-state index in [1.54, 1.807) is 0 Å². The minimum absolute atomic E-state index is 0.00894.